The van der Waals surface area contributed by atoms with E-state index in [1.54, 1.807) is 23.9 Å². The van der Waals surface area contributed by atoms with Crippen LogP contribution in [0.1, 0.15) is 17.4 Å². The van der Waals surface area contributed by atoms with Gasteiger partial charge in [0, 0.05) is 24.7 Å². The fourth-order valence-corrected chi connectivity index (χ4v) is 3.13. The van der Waals surface area contributed by atoms with E-state index in [2.05, 4.69) is 50.5 Å². The van der Waals surface area contributed by atoms with Gasteiger partial charge in [-0.1, -0.05) is 19.1 Å². The zero-order valence-corrected chi connectivity index (χ0v) is 14.3. The van der Waals surface area contributed by atoms with Crippen molar-refractivity contribution in [2.45, 2.75) is 13.3 Å². The van der Waals surface area contributed by atoms with Crippen LogP contribution in [-0.2, 0) is 6.42 Å². The number of nitrogens with zero attached hydrogens (tertiary/aromatic N) is 4. The highest BCUT2D eigenvalue weighted by Crippen LogP contribution is 2.28. The van der Waals surface area contributed by atoms with Crippen molar-refractivity contribution in [1.29, 1.82) is 0 Å². The molecule has 0 aliphatic heterocycles. The number of rotatable bonds is 5. The molecule has 0 saturated carbocycles. The molecule has 0 aliphatic carbocycles. The summed E-state index contributed by atoms with van der Waals surface area (Å²) in [4.78, 5) is 13.0. The van der Waals surface area contributed by atoms with Crippen molar-refractivity contribution in [1.82, 2.24) is 9.97 Å². The van der Waals surface area contributed by atoms with E-state index >= 15 is 0 Å². The summed E-state index contributed by atoms with van der Waals surface area (Å²) < 4.78 is 0. The second kappa shape index (κ2) is 6.75. The first kappa shape index (κ1) is 15.4. The van der Waals surface area contributed by atoms with E-state index in [-0.39, 0.29) is 0 Å². The molecule has 3 aromatic rings. The Morgan fingerprint density at radius 1 is 1.22 bits per heavy atom. The first-order chi connectivity index (χ1) is 11.2. The number of aromatic nitrogens is 2. The van der Waals surface area contributed by atoms with Crippen LogP contribution in [-0.4, -0.2) is 30.3 Å². The molecule has 23 heavy (non-hydrogen) atoms. The monoisotopic (exact) mass is 325 g/mol. The number of anilines is 2. The normalized spacial score (nSPS) is 11.3. The van der Waals surface area contributed by atoms with Gasteiger partial charge in [-0.3, -0.25) is 5.43 Å². The Labute approximate surface area is 139 Å². The lowest BCUT2D eigenvalue weighted by Crippen LogP contribution is -2.08. The molecule has 3 rings (SSSR count). The molecule has 2 aromatic heterocycles. The molecule has 0 spiro atoms. The first-order valence-corrected chi connectivity index (χ1v) is 8.29. The number of aryl methyl sites for hydroxylation is 1. The maximum Gasteiger partial charge on any atom is 0.158 e. The van der Waals surface area contributed by atoms with Crippen LogP contribution in [0.2, 0.25) is 0 Å². The summed E-state index contributed by atoms with van der Waals surface area (Å²) in [6.45, 7) is 2.14. The Bertz CT molecular complexity index is 821. The molecular formula is C17H19N5S. The number of nitrogens with one attached hydrogen (secondary N) is 1. The predicted molar refractivity (Wildman–Crippen MR) is 98.8 cm³/mol. The third-order valence-electron chi connectivity index (χ3n) is 3.52. The van der Waals surface area contributed by atoms with Gasteiger partial charge < -0.3 is 4.90 Å². The SMILES string of the molecule is CCc1cc2c(N/N=C\c3ccc(N(C)C)cc3)ncnc2s1. The van der Waals surface area contributed by atoms with Crippen molar-refractivity contribution in [3.05, 3.63) is 47.1 Å². The van der Waals surface area contributed by atoms with Gasteiger partial charge in [-0.05, 0) is 30.2 Å². The third-order valence-corrected chi connectivity index (χ3v) is 4.71. The Morgan fingerprint density at radius 2 is 2.00 bits per heavy atom. The lowest BCUT2D eigenvalue weighted by atomic mass is 10.2. The molecule has 5 nitrogen and oxygen atoms in total. The molecule has 0 atom stereocenters. The van der Waals surface area contributed by atoms with Gasteiger partial charge in [-0.25, -0.2) is 9.97 Å². The molecule has 2 heterocycles. The fourth-order valence-electron chi connectivity index (χ4n) is 2.20. The zero-order valence-electron chi connectivity index (χ0n) is 13.4. The Hall–Kier alpha value is -2.47. The fraction of sp³-hybridized carbons (Fsp3) is 0.235. The molecule has 118 valence electrons. The quantitative estimate of drug-likeness (QED) is 0.573. The van der Waals surface area contributed by atoms with Gasteiger partial charge in [-0.15, -0.1) is 11.3 Å². The van der Waals surface area contributed by atoms with E-state index in [4.69, 9.17) is 0 Å². The molecule has 0 bridgehead atoms. The smallest absolute Gasteiger partial charge is 0.158 e. The van der Waals surface area contributed by atoms with Crippen molar-refractivity contribution in [2.75, 3.05) is 24.4 Å². The van der Waals surface area contributed by atoms with Crippen molar-refractivity contribution in [3.8, 4) is 0 Å². The molecule has 6 heteroatoms. The molecular weight excluding hydrogens is 306 g/mol. The highest BCUT2D eigenvalue weighted by molar-refractivity contribution is 7.18. The van der Waals surface area contributed by atoms with Gasteiger partial charge >= 0.3 is 0 Å². The maximum atomic E-state index is 4.31. The van der Waals surface area contributed by atoms with Crippen molar-refractivity contribution in [3.63, 3.8) is 0 Å². The van der Waals surface area contributed by atoms with E-state index in [1.165, 1.54) is 4.88 Å². The second-order valence-corrected chi connectivity index (χ2v) is 6.48. The van der Waals surface area contributed by atoms with Crippen LogP contribution in [0.25, 0.3) is 10.2 Å². The molecule has 1 N–H and O–H groups in total. The first-order valence-electron chi connectivity index (χ1n) is 7.47. The number of benzene rings is 1. The summed E-state index contributed by atoms with van der Waals surface area (Å²) >= 11 is 1.70. The average molecular weight is 325 g/mol. The van der Waals surface area contributed by atoms with E-state index in [0.717, 1.165) is 33.7 Å². The largest absolute Gasteiger partial charge is 0.378 e. The minimum atomic E-state index is 0.743. The van der Waals surface area contributed by atoms with Gasteiger partial charge in [0.25, 0.3) is 0 Å². The standard InChI is InChI=1S/C17H19N5S/c1-4-14-9-15-16(18-11-19-17(15)23-14)21-20-10-12-5-7-13(8-6-12)22(2)3/h5-11H,4H2,1-3H3,(H,18,19,21)/b20-10-. The summed E-state index contributed by atoms with van der Waals surface area (Å²) in [5, 5.41) is 5.32. The molecule has 0 fully saturated rings. The van der Waals surface area contributed by atoms with E-state index in [9.17, 15) is 0 Å². The Balaban J connectivity index is 1.76. The highest BCUT2D eigenvalue weighted by atomic mass is 32.1. The number of hydrogen-bond donors (Lipinski definition) is 1. The Kier molecular flexibility index (Phi) is 4.52. The van der Waals surface area contributed by atoms with Crippen LogP contribution < -0.4 is 10.3 Å². The minimum Gasteiger partial charge on any atom is -0.378 e. The molecule has 0 radical (unpaired) electrons. The van der Waals surface area contributed by atoms with Crippen LogP contribution in [0.3, 0.4) is 0 Å². The molecule has 0 amide bonds. The van der Waals surface area contributed by atoms with Crippen LogP contribution >= 0.6 is 11.3 Å². The molecule has 0 saturated heterocycles. The van der Waals surface area contributed by atoms with Gasteiger partial charge in [-0.2, -0.15) is 5.10 Å². The number of hydrazone groups is 1. The van der Waals surface area contributed by atoms with Crippen molar-refractivity contribution < 1.29 is 0 Å². The van der Waals surface area contributed by atoms with Crippen molar-refractivity contribution >= 4 is 39.3 Å². The average Bonchev–Trinajstić information content (AvgIpc) is 2.99. The summed E-state index contributed by atoms with van der Waals surface area (Å²) in [5.74, 6) is 0.743. The second-order valence-electron chi connectivity index (χ2n) is 5.36. The van der Waals surface area contributed by atoms with Crippen LogP contribution in [0, 0.1) is 0 Å². The minimum absolute atomic E-state index is 0.743. The van der Waals surface area contributed by atoms with Crippen LogP contribution in [0.4, 0.5) is 11.5 Å². The van der Waals surface area contributed by atoms with Crippen molar-refractivity contribution in [2.24, 2.45) is 5.10 Å². The van der Waals surface area contributed by atoms with Crippen LogP contribution in [0.5, 0.6) is 0 Å². The predicted octanol–water partition coefficient (Wildman–Crippen LogP) is 3.77. The van der Waals surface area contributed by atoms with E-state index in [1.807, 2.05) is 26.2 Å². The Morgan fingerprint density at radius 3 is 2.70 bits per heavy atom. The van der Waals surface area contributed by atoms with Gasteiger partial charge in [0.15, 0.2) is 5.82 Å². The number of hydrogen-bond acceptors (Lipinski definition) is 6. The molecule has 0 aliphatic rings. The molecule has 0 unspecified atom stereocenters. The third kappa shape index (κ3) is 3.48. The number of fused-ring (bicyclic) bond motifs is 1. The number of thiophene rings is 1. The lowest BCUT2D eigenvalue weighted by molar-refractivity contribution is 1.13. The maximum absolute atomic E-state index is 4.31. The van der Waals surface area contributed by atoms with E-state index < -0.39 is 0 Å². The lowest BCUT2D eigenvalue weighted by Gasteiger charge is -2.11. The van der Waals surface area contributed by atoms with E-state index in [0.29, 0.717) is 0 Å². The highest BCUT2D eigenvalue weighted by Gasteiger charge is 2.06. The summed E-state index contributed by atoms with van der Waals surface area (Å²) in [7, 11) is 4.05. The van der Waals surface area contributed by atoms with Gasteiger partial charge in [0.2, 0.25) is 0 Å². The molecule has 1 aromatic carbocycles. The summed E-state index contributed by atoms with van der Waals surface area (Å²) in [6, 6.07) is 10.3. The van der Waals surface area contributed by atoms with Gasteiger partial charge in [0.1, 0.15) is 11.2 Å². The van der Waals surface area contributed by atoms with Gasteiger partial charge in [0.05, 0.1) is 11.6 Å². The zero-order chi connectivity index (χ0) is 16.2. The topological polar surface area (TPSA) is 53.4 Å². The summed E-state index contributed by atoms with van der Waals surface area (Å²) in [5.41, 5.74) is 5.23. The summed E-state index contributed by atoms with van der Waals surface area (Å²) in [6.07, 6.45) is 4.37. The van der Waals surface area contributed by atoms with Crippen LogP contribution in [0.15, 0.2) is 41.8 Å².